The van der Waals surface area contributed by atoms with Crippen LogP contribution in [0.15, 0.2) is 72.9 Å². The number of fused-ring (bicyclic) bond motifs is 1. The predicted octanol–water partition coefficient (Wildman–Crippen LogP) is 5.14. The van der Waals surface area contributed by atoms with Crippen LogP contribution in [0.3, 0.4) is 0 Å². The van der Waals surface area contributed by atoms with Crippen molar-refractivity contribution in [1.82, 2.24) is 9.88 Å². The summed E-state index contributed by atoms with van der Waals surface area (Å²) in [6, 6.07) is 19.7. The summed E-state index contributed by atoms with van der Waals surface area (Å²) in [7, 11) is 1.58. The van der Waals surface area contributed by atoms with Crippen molar-refractivity contribution in [2.75, 3.05) is 13.7 Å². The number of rotatable bonds is 9. The molecule has 1 amide bonds. The van der Waals surface area contributed by atoms with Gasteiger partial charge in [0.1, 0.15) is 11.3 Å². The average Bonchev–Trinajstić information content (AvgIpc) is 3.25. The van der Waals surface area contributed by atoms with Crippen molar-refractivity contribution in [3.05, 3.63) is 94.6 Å². The fourth-order valence-corrected chi connectivity index (χ4v) is 4.02. The van der Waals surface area contributed by atoms with E-state index < -0.39 is 5.97 Å². The molecular formula is C26H23ClN2O5. The van der Waals surface area contributed by atoms with Gasteiger partial charge in [0, 0.05) is 35.8 Å². The Balaban J connectivity index is 1.61. The number of carbonyl (C=O) groups is 2. The molecule has 0 saturated heterocycles. The van der Waals surface area contributed by atoms with Crippen LogP contribution in [0.5, 0.6) is 11.5 Å². The second kappa shape index (κ2) is 10.3. The number of hydrogen-bond donors (Lipinski definition) is 2. The summed E-state index contributed by atoms with van der Waals surface area (Å²) in [6.45, 7) is 0.222. The Morgan fingerprint density at radius 2 is 1.71 bits per heavy atom. The molecule has 0 aliphatic rings. The number of halogens is 1. The van der Waals surface area contributed by atoms with Crippen LogP contribution >= 0.6 is 11.6 Å². The molecule has 34 heavy (non-hydrogen) atoms. The van der Waals surface area contributed by atoms with Gasteiger partial charge in [0.15, 0.2) is 12.4 Å². The van der Waals surface area contributed by atoms with E-state index in [0.717, 1.165) is 22.0 Å². The summed E-state index contributed by atoms with van der Waals surface area (Å²) in [4.78, 5) is 29.8. The van der Waals surface area contributed by atoms with E-state index in [0.29, 0.717) is 12.3 Å². The molecule has 3 aromatic carbocycles. The average molecular weight is 479 g/mol. The number of aromatic nitrogens is 1. The molecule has 0 spiro atoms. The van der Waals surface area contributed by atoms with Gasteiger partial charge in [-0.1, -0.05) is 54.1 Å². The standard InChI is InChI=1S/C26H23ClN2O5/c1-33-23-12-5-2-7-17(23)14-29(15-18-13-28-22-11-4-3-8-19(18)22)24(30)16-34-25-20(26(31)32)9-6-10-21(25)27/h2-13,28H,14-16H2,1H3,(H,31,32). The van der Waals surface area contributed by atoms with Crippen molar-refractivity contribution in [1.29, 1.82) is 0 Å². The van der Waals surface area contributed by atoms with E-state index in [2.05, 4.69) is 4.98 Å². The minimum Gasteiger partial charge on any atom is -0.496 e. The van der Waals surface area contributed by atoms with Crippen LogP contribution in [0.2, 0.25) is 5.02 Å². The number of amides is 1. The summed E-state index contributed by atoms with van der Waals surface area (Å²) in [6.07, 6.45) is 1.88. The quantitative estimate of drug-likeness (QED) is 0.347. The van der Waals surface area contributed by atoms with Gasteiger partial charge in [0.05, 0.1) is 12.1 Å². The Hall–Kier alpha value is -3.97. The first-order chi connectivity index (χ1) is 16.5. The summed E-state index contributed by atoms with van der Waals surface area (Å²) in [5, 5.41) is 10.6. The van der Waals surface area contributed by atoms with E-state index in [-0.39, 0.29) is 35.4 Å². The number of nitrogens with zero attached hydrogens (tertiary/aromatic N) is 1. The number of nitrogens with one attached hydrogen (secondary N) is 1. The lowest BCUT2D eigenvalue weighted by Gasteiger charge is -2.24. The van der Waals surface area contributed by atoms with Gasteiger partial charge in [-0.3, -0.25) is 4.79 Å². The minimum absolute atomic E-state index is 0.0330. The van der Waals surface area contributed by atoms with Crippen LogP contribution < -0.4 is 9.47 Å². The first kappa shape index (κ1) is 23.2. The molecular weight excluding hydrogens is 456 g/mol. The van der Waals surface area contributed by atoms with E-state index in [9.17, 15) is 14.7 Å². The maximum Gasteiger partial charge on any atom is 0.339 e. The molecule has 8 heteroatoms. The van der Waals surface area contributed by atoms with E-state index in [1.807, 2.05) is 54.7 Å². The summed E-state index contributed by atoms with van der Waals surface area (Å²) in [5.74, 6) is -0.879. The van der Waals surface area contributed by atoms with Gasteiger partial charge >= 0.3 is 5.97 Å². The fourth-order valence-electron chi connectivity index (χ4n) is 3.79. The highest BCUT2D eigenvalue weighted by Gasteiger charge is 2.21. The second-order valence-electron chi connectivity index (χ2n) is 7.63. The molecule has 1 heterocycles. The Morgan fingerprint density at radius 1 is 0.971 bits per heavy atom. The van der Waals surface area contributed by atoms with Gasteiger partial charge in [0.2, 0.25) is 0 Å². The first-order valence-corrected chi connectivity index (χ1v) is 10.9. The Labute approximate surface area is 201 Å². The molecule has 174 valence electrons. The summed E-state index contributed by atoms with van der Waals surface area (Å²) < 4.78 is 11.1. The van der Waals surface area contributed by atoms with Crippen molar-refractivity contribution >= 4 is 34.4 Å². The minimum atomic E-state index is -1.19. The third kappa shape index (κ3) is 5.00. The monoisotopic (exact) mass is 478 g/mol. The van der Waals surface area contributed by atoms with Crippen LogP contribution in [0.1, 0.15) is 21.5 Å². The maximum atomic E-state index is 13.3. The van der Waals surface area contributed by atoms with Gasteiger partial charge in [0.25, 0.3) is 5.91 Å². The molecule has 0 atom stereocenters. The number of H-pyrrole nitrogens is 1. The topological polar surface area (TPSA) is 91.9 Å². The number of methoxy groups -OCH3 is 1. The molecule has 0 unspecified atom stereocenters. The number of carboxylic acid groups (broad SMARTS) is 1. The highest BCUT2D eigenvalue weighted by molar-refractivity contribution is 6.32. The van der Waals surface area contributed by atoms with Crippen LogP contribution in [0.4, 0.5) is 0 Å². The summed E-state index contributed by atoms with van der Waals surface area (Å²) >= 11 is 6.15. The highest BCUT2D eigenvalue weighted by Crippen LogP contribution is 2.29. The lowest BCUT2D eigenvalue weighted by molar-refractivity contribution is -0.134. The SMILES string of the molecule is COc1ccccc1CN(Cc1c[nH]c2ccccc12)C(=O)COc1c(Cl)cccc1C(=O)O. The van der Waals surface area contributed by atoms with E-state index in [1.54, 1.807) is 12.0 Å². The first-order valence-electron chi connectivity index (χ1n) is 10.6. The summed E-state index contributed by atoms with van der Waals surface area (Å²) in [5.41, 5.74) is 2.65. The number of aromatic carboxylic acids is 1. The predicted molar refractivity (Wildman–Crippen MR) is 129 cm³/mol. The molecule has 0 fully saturated rings. The number of aromatic amines is 1. The third-order valence-electron chi connectivity index (χ3n) is 5.48. The normalized spacial score (nSPS) is 10.8. The second-order valence-corrected chi connectivity index (χ2v) is 8.04. The zero-order chi connectivity index (χ0) is 24.1. The number of hydrogen-bond acceptors (Lipinski definition) is 4. The highest BCUT2D eigenvalue weighted by atomic mass is 35.5. The van der Waals surface area contributed by atoms with Crippen molar-refractivity contribution in [3.8, 4) is 11.5 Å². The van der Waals surface area contributed by atoms with Gasteiger partial charge in [-0.2, -0.15) is 0 Å². The van der Waals surface area contributed by atoms with Crippen LogP contribution in [0, 0.1) is 0 Å². The maximum absolute atomic E-state index is 13.3. The number of ether oxygens (including phenoxy) is 2. The fraction of sp³-hybridized carbons (Fsp3) is 0.154. The molecule has 0 bridgehead atoms. The van der Waals surface area contributed by atoms with Gasteiger partial charge in [-0.15, -0.1) is 0 Å². The van der Waals surface area contributed by atoms with Gasteiger partial charge in [-0.05, 0) is 29.8 Å². The lowest BCUT2D eigenvalue weighted by atomic mass is 10.1. The molecule has 7 nitrogen and oxygen atoms in total. The smallest absolute Gasteiger partial charge is 0.339 e. The van der Waals surface area contributed by atoms with Crippen molar-refractivity contribution in [3.63, 3.8) is 0 Å². The number of benzene rings is 3. The van der Waals surface area contributed by atoms with Crippen LogP contribution in [-0.4, -0.2) is 40.6 Å². The van der Waals surface area contributed by atoms with Crippen molar-refractivity contribution in [2.45, 2.75) is 13.1 Å². The van der Waals surface area contributed by atoms with Gasteiger partial charge < -0.3 is 24.5 Å². The Morgan fingerprint density at radius 3 is 2.50 bits per heavy atom. The molecule has 4 aromatic rings. The van der Waals surface area contributed by atoms with Crippen LogP contribution in [0.25, 0.3) is 10.9 Å². The number of para-hydroxylation sites is 3. The van der Waals surface area contributed by atoms with Crippen LogP contribution in [-0.2, 0) is 17.9 Å². The molecule has 4 rings (SSSR count). The molecule has 0 aliphatic heterocycles. The van der Waals surface area contributed by atoms with E-state index >= 15 is 0 Å². The van der Waals surface area contributed by atoms with Gasteiger partial charge in [-0.25, -0.2) is 4.79 Å². The third-order valence-corrected chi connectivity index (χ3v) is 5.78. The molecule has 0 saturated carbocycles. The molecule has 0 radical (unpaired) electrons. The number of carbonyl (C=O) groups excluding carboxylic acids is 1. The molecule has 1 aromatic heterocycles. The van der Waals surface area contributed by atoms with E-state index in [1.165, 1.54) is 18.2 Å². The molecule has 0 aliphatic carbocycles. The van der Waals surface area contributed by atoms with E-state index in [4.69, 9.17) is 21.1 Å². The van der Waals surface area contributed by atoms with Crippen molar-refractivity contribution in [2.24, 2.45) is 0 Å². The Bertz CT molecular complexity index is 1330. The van der Waals surface area contributed by atoms with Crippen molar-refractivity contribution < 1.29 is 24.2 Å². The zero-order valence-corrected chi connectivity index (χ0v) is 19.2. The number of carboxylic acids is 1. The largest absolute Gasteiger partial charge is 0.496 e. The Kier molecular flexibility index (Phi) is 7.04. The lowest BCUT2D eigenvalue weighted by Crippen LogP contribution is -2.34. The zero-order valence-electron chi connectivity index (χ0n) is 18.5. The molecule has 2 N–H and O–H groups in total.